The van der Waals surface area contributed by atoms with Gasteiger partial charge in [0.1, 0.15) is 0 Å². The van der Waals surface area contributed by atoms with Crippen molar-refractivity contribution < 1.29 is 31.2 Å². The van der Waals surface area contributed by atoms with E-state index in [0.29, 0.717) is 0 Å². The summed E-state index contributed by atoms with van der Waals surface area (Å²) in [5.41, 5.74) is 0. The Morgan fingerprint density at radius 3 is 2.00 bits per heavy atom. The van der Waals surface area contributed by atoms with Crippen LogP contribution in [0.2, 0.25) is 6.04 Å². The summed E-state index contributed by atoms with van der Waals surface area (Å²) < 4.78 is 50.1. The summed E-state index contributed by atoms with van der Waals surface area (Å²) in [6.07, 6.45) is -5.43. The number of carbonyl (C=O) groups excluding carboxylic acids is 1. The molecule has 0 saturated heterocycles. The third-order valence-corrected chi connectivity index (χ3v) is 4.34. The van der Waals surface area contributed by atoms with E-state index >= 15 is 0 Å². The molecule has 0 heterocycles. The summed E-state index contributed by atoms with van der Waals surface area (Å²) in [7, 11) is -1.16. The molecule has 0 aromatic heterocycles. The lowest BCUT2D eigenvalue weighted by molar-refractivity contribution is -0.141. The Kier molecular flexibility index (Phi) is 5.25. The highest BCUT2D eigenvalue weighted by atomic mass is 28.4. The molecule has 0 aliphatic rings. The molecule has 4 nitrogen and oxygen atoms in total. The fraction of sp³-hybridized carbons (Fsp3) is 0.857. The van der Waals surface area contributed by atoms with Gasteiger partial charge in [0, 0.05) is 33.6 Å². The van der Waals surface area contributed by atoms with Crippen LogP contribution in [-0.2, 0) is 18.1 Å². The van der Waals surface area contributed by atoms with E-state index in [1.807, 2.05) is 0 Å². The first kappa shape index (κ1) is 14.4. The minimum Gasteiger partial charge on any atom is -0.473 e. The minimum atomic E-state index is -4.32. The Bertz CT molecular complexity index is 215. The zero-order valence-electron chi connectivity index (χ0n) is 8.68. The lowest BCUT2D eigenvalue weighted by Gasteiger charge is -2.25. The van der Waals surface area contributed by atoms with Crippen LogP contribution in [0.5, 0.6) is 0 Å². The van der Waals surface area contributed by atoms with Gasteiger partial charge in [0.15, 0.2) is 0 Å². The van der Waals surface area contributed by atoms with Crippen LogP contribution in [0.3, 0.4) is 0 Å². The van der Waals surface area contributed by atoms with Crippen LogP contribution in [0, 0.1) is 0 Å². The molecule has 8 heteroatoms. The van der Waals surface area contributed by atoms with Crippen molar-refractivity contribution in [3.05, 3.63) is 0 Å². The second kappa shape index (κ2) is 5.47. The van der Waals surface area contributed by atoms with Crippen LogP contribution in [0.1, 0.15) is 13.3 Å². The zero-order chi connectivity index (χ0) is 12.1. The third-order valence-electron chi connectivity index (χ3n) is 1.64. The van der Waals surface area contributed by atoms with Crippen LogP contribution in [0.15, 0.2) is 0 Å². The van der Waals surface area contributed by atoms with Crippen molar-refractivity contribution in [1.29, 1.82) is 0 Å². The van der Waals surface area contributed by atoms with E-state index in [9.17, 15) is 18.0 Å². The number of rotatable bonds is 5. The first-order valence-electron chi connectivity index (χ1n) is 4.11. The molecule has 0 aliphatic heterocycles. The Labute approximate surface area is 86.7 Å². The summed E-state index contributed by atoms with van der Waals surface area (Å²) in [5.74, 6) is -0.715. The molecule has 0 aliphatic carbocycles. The van der Waals surface area contributed by atoms with Gasteiger partial charge in [-0.3, -0.25) is 4.79 Å². The molecule has 0 N–H and O–H groups in total. The van der Waals surface area contributed by atoms with Gasteiger partial charge in [-0.15, -0.1) is 0 Å². The summed E-state index contributed by atoms with van der Waals surface area (Å²) >= 11 is 0. The van der Waals surface area contributed by atoms with Crippen molar-refractivity contribution in [2.24, 2.45) is 0 Å². The molecular formula is C7H13F3O4Si. The van der Waals surface area contributed by atoms with E-state index in [1.165, 1.54) is 0 Å². The highest BCUT2D eigenvalue weighted by Crippen LogP contribution is 2.27. The lowest BCUT2D eigenvalue weighted by atomic mass is 10.5. The maximum atomic E-state index is 12.0. The molecule has 0 saturated carbocycles. The predicted octanol–water partition coefficient (Wildman–Crippen LogP) is 1.73. The van der Waals surface area contributed by atoms with Crippen LogP contribution < -0.4 is 0 Å². The average molecular weight is 246 g/mol. The minimum absolute atomic E-state index is 0.469. The number of hydrogen-bond donors (Lipinski definition) is 0. The largest absolute Gasteiger partial charge is 0.567 e. The quantitative estimate of drug-likeness (QED) is 0.693. The molecule has 0 bridgehead atoms. The predicted molar refractivity (Wildman–Crippen MR) is 47.0 cm³/mol. The second-order valence-electron chi connectivity index (χ2n) is 2.80. The van der Waals surface area contributed by atoms with Gasteiger partial charge in [-0.1, -0.05) is 0 Å². The summed E-state index contributed by atoms with van der Waals surface area (Å²) in [6.45, 7) is 1.09. The normalized spacial score (nSPS) is 12.7. The van der Waals surface area contributed by atoms with E-state index < -0.39 is 33.4 Å². The van der Waals surface area contributed by atoms with E-state index in [1.54, 1.807) is 0 Å². The van der Waals surface area contributed by atoms with Crippen molar-refractivity contribution in [2.75, 3.05) is 14.2 Å². The topological polar surface area (TPSA) is 44.8 Å². The Hall–Kier alpha value is -0.603. The molecule has 0 spiro atoms. The van der Waals surface area contributed by atoms with E-state index in [-0.39, 0.29) is 0 Å². The molecule has 0 rings (SSSR count). The van der Waals surface area contributed by atoms with Crippen molar-refractivity contribution in [1.82, 2.24) is 0 Å². The Balaban J connectivity index is 4.43. The van der Waals surface area contributed by atoms with Gasteiger partial charge in [-0.25, -0.2) is 0 Å². The maximum absolute atomic E-state index is 12.0. The van der Waals surface area contributed by atoms with Crippen molar-refractivity contribution >= 4 is 14.8 Å². The standard InChI is InChI=1S/C7H13F3O4Si/c1-6(11)14-15(12-2,13-3)5-4-7(8,9)10/h4-5H2,1-3H3. The maximum Gasteiger partial charge on any atom is 0.567 e. The van der Waals surface area contributed by atoms with Crippen molar-refractivity contribution in [3.63, 3.8) is 0 Å². The average Bonchev–Trinajstić information content (AvgIpc) is 2.10. The molecular weight excluding hydrogens is 233 g/mol. The van der Waals surface area contributed by atoms with Gasteiger partial charge < -0.3 is 13.3 Å². The highest BCUT2D eigenvalue weighted by Gasteiger charge is 2.45. The number of hydrogen-bond acceptors (Lipinski definition) is 4. The van der Waals surface area contributed by atoms with Gasteiger partial charge >= 0.3 is 15.0 Å². The third kappa shape index (κ3) is 5.75. The molecule has 0 aromatic rings. The SMILES string of the molecule is CO[Si](CCC(F)(F)F)(OC)OC(C)=O. The molecule has 15 heavy (non-hydrogen) atoms. The monoisotopic (exact) mass is 246 g/mol. The molecule has 0 atom stereocenters. The fourth-order valence-corrected chi connectivity index (χ4v) is 2.81. The fourth-order valence-electron chi connectivity index (χ4n) is 0.936. The smallest absolute Gasteiger partial charge is 0.473 e. The lowest BCUT2D eigenvalue weighted by Crippen LogP contribution is -2.45. The first-order valence-corrected chi connectivity index (χ1v) is 6.04. The number of alkyl halides is 3. The van der Waals surface area contributed by atoms with Gasteiger partial charge in [0.05, 0.1) is 0 Å². The molecule has 0 fully saturated rings. The molecule has 0 aromatic carbocycles. The van der Waals surface area contributed by atoms with E-state index in [2.05, 4.69) is 4.43 Å². The molecule has 90 valence electrons. The van der Waals surface area contributed by atoms with Crippen LogP contribution in [0.4, 0.5) is 13.2 Å². The van der Waals surface area contributed by atoms with Crippen molar-refractivity contribution in [3.8, 4) is 0 Å². The van der Waals surface area contributed by atoms with Crippen LogP contribution in [0.25, 0.3) is 0 Å². The molecule has 0 radical (unpaired) electrons. The Morgan fingerprint density at radius 2 is 1.73 bits per heavy atom. The number of carbonyl (C=O) groups is 1. The van der Waals surface area contributed by atoms with Crippen LogP contribution >= 0.6 is 0 Å². The molecule has 0 amide bonds. The summed E-state index contributed by atoms with van der Waals surface area (Å²) in [6, 6.07) is -0.469. The zero-order valence-corrected chi connectivity index (χ0v) is 9.68. The second-order valence-corrected chi connectivity index (χ2v) is 5.69. The number of halogens is 3. The molecule has 0 unspecified atom stereocenters. The van der Waals surface area contributed by atoms with Crippen LogP contribution in [-0.4, -0.2) is 35.2 Å². The summed E-state index contributed by atoms with van der Waals surface area (Å²) in [5, 5.41) is 0. The first-order chi connectivity index (χ1) is 6.74. The van der Waals surface area contributed by atoms with Gasteiger partial charge in [-0.2, -0.15) is 13.2 Å². The van der Waals surface area contributed by atoms with Gasteiger partial charge in [-0.05, 0) is 0 Å². The van der Waals surface area contributed by atoms with Crippen molar-refractivity contribution in [2.45, 2.75) is 25.6 Å². The van der Waals surface area contributed by atoms with Gasteiger partial charge in [0.25, 0.3) is 5.97 Å². The van der Waals surface area contributed by atoms with E-state index in [0.717, 1.165) is 21.1 Å². The highest BCUT2D eigenvalue weighted by molar-refractivity contribution is 6.62. The van der Waals surface area contributed by atoms with E-state index in [4.69, 9.17) is 8.85 Å². The summed E-state index contributed by atoms with van der Waals surface area (Å²) in [4.78, 5) is 10.7. The van der Waals surface area contributed by atoms with Gasteiger partial charge in [0.2, 0.25) is 0 Å². The Morgan fingerprint density at radius 1 is 1.27 bits per heavy atom.